The summed E-state index contributed by atoms with van der Waals surface area (Å²) in [5.41, 5.74) is 2.41. The third-order valence-electron chi connectivity index (χ3n) is 3.27. The summed E-state index contributed by atoms with van der Waals surface area (Å²) in [4.78, 5) is 11.0. The molecule has 0 saturated carbocycles. The number of carboxylic acids is 1. The average Bonchev–Trinajstić information content (AvgIpc) is 2.75. The summed E-state index contributed by atoms with van der Waals surface area (Å²) in [6.07, 6.45) is 0. The van der Waals surface area contributed by atoms with Gasteiger partial charge in [0.05, 0.1) is 5.92 Å². The molecule has 0 saturated heterocycles. The molecule has 3 nitrogen and oxygen atoms in total. The van der Waals surface area contributed by atoms with Gasteiger partial charge in [-0.1, -0.05) is 24.3 Å². The molecular weight excluding hydrogens is 228 g/mol. The Morgan fingerprint density at radius 2 is 1.83 bits per heavy atom. The highest BCUT2D eigenvalue weighted by Gasteiger charge is 2.15. The van der Waals surface area contributed by atoms with Crippen molar-refractivity contribution in [2.24, 2.45) is 0 Å². The van der Waals surface area contributed by atoms with Gasteiger partial charge in [0.15, 0.2) is 0 Å². The number of hydrogen-bond acceptors (Lipinski definition) is 2. The Balaban J connectivity index is 2.27. The van der Waals surface area contributed by atoms with Gasteiger partial charge in [-0.15, -0.1) is 0 Å². The van der Waals surface area contributed by atoms with Gasteiger partial charge in [-0.25, -0.2) is 0 Å². The summed E-state index contributed by atoms with van der Waals surface area (Å²) < 4.78 is 5.70. The van der Waals surface area contributed by atoms with E-state index < -0.39 is 11.9 Å². The van der Waals surface area contributed by atoms with Crippen molar-refractivity contribution in [3.05, 3.63) is 48.0 Å². The maximum Gasteiger partial charge on any atom is 0.310 e. The third-order valence-corrected chi connectivity index (χ3v) is 3.27. The molecule has 2 aromatic carbocycles. The van der Waals surface area contributed by atoms with Crippen LogP contribution in [0, 0.1) is 0 Å². The van der Waals surface area contributed by atoms with Crippen LogP contribution < -0.4 is 0 Å². The van der Waals surface area contributed by atoms with E-state index in [1.165, 1.54) is 0 Å². The molecule has 0 aliphatic heterocycles. The predicted octanol–water partition coefficient (Wildman–Crippen LogP) is 3.77. The van der Waals surface area contributed by atoms with E-state index in [0.717, 1.165) is 27.5 Å². The second-order valence-corrected chi connectivity index (χ2v) is 4.41. The van der Waals surface area contributed by atoms with Gasteiger partial charge in [0, 0.05) is 10.8 Å². The summed E-state index contributed by atoms with van der Waals surface area (Å²) >= 11 is 0. The first-order chi connectivity index (χ1) is 8.66. The molecule has 3 aromatic rings. The van der Waals surface area contributed by atoms with Gasteiger partial charge < -0.3 is 9.52 Å². The Morgan fingerprint density at radius 1 is 1.11 bits per heavy atom. The van der Waals surface area contributed by atoms with E-state index in [9.17, 15) is 4.79 Å². The highest BCUT2D eigenvalue weighted by molar-refractivity contribution is 6.05. The lowest BCUT2D eigenvalue weighted by molar-refractivity contribution is -0.138. The molecule has 0 aliphatic carbocycles. The van der Waals surface area contributed by atoms with Crippen molar-refractivity contribution in [2.45, 2.75) is 12.8 Å². The summed E-state index contributed by atoms with van der Waals surface area (Å²) in [6.45, 7) is 1.69. The van der Waals surface area contributed by atoms with Crippen LogP contribution in [0.25, 0.3) is 21.9 Å². The van der Waals surface area contributed by atoms with Crippen molar-refractivity contribution >= 4 is 27.9 Å². The van der Waals surface area contributed by atoms with Crippen LogP contribution in [0.3, 0.4) is 0 Å². The molecule has 0 aliphatic rings. The maximum atomic E-state index is 11.0. The molecular formula is C15H12O3. The van der Waals surface area contributed by atoms with Crippen LogP contribution in [-0.2, 0) is 4.79 Å². The quantitative estimate of drug-likeness (QED) is 0.741. The standard InChI is InChI=1S/C15H12O3/c1-9(15(16)17)10-6-7-14-12(8-10)11-4-2-3-5-13(11)18-14/h2-9H,1H3,(H,16,17)/t9-/m1/s1. The lowest BCUT2D eigenvalue weighted by atomic mass is 9.99. The fourth-order valence-electron chi connectivity index (χ4n) is 2.16. The van der Waals surface area contributed by atoms with Crippen LogP contribution in [0.1, 0.15) is 18.4 Å². The van der Waals surface area contributed by atoms with Gasteiger partial charge in [-0.05, 0) is 30.7 Å². The highest BCUT2D eigenvalue weighted by atomic mass is 16.4. The number of fused-ring (bicyclic) bond motifs is 3. The molecule has 1 N–H and O–H groups in total. The number of hydrogen-bond donors (Lipinski definition) is 1. The minimum Gasteiger partial charge on any atom is -0.481 e. The summed E-state index contributed by atoms with van der Waals surface area (Å²) in [7, 11) is 0. The van der Waals surface area contributed by atoms with E-state index in [2.05, 4.69) is 0 Å². The molecule has 90 valence electrons. The molecule has 3 rings (SSSR count). The van der Waals surface area contributed by atoms with Crippen molar-refractivity contribution in [1.29, 1.82) is 0 Å². The molecule has 0 fully saturated rings. The third kappa shape index (κ3) is 1.56. The second kappa shape index (κ2) is 3.88. The summed E-state index contributed by atoms with van der Waals surface area (Å²) in [5, 5.41) is 11.0. The number of benzene rings is 2. The largest absolute Gasteiger partial charge is 0.481 e. The van der Waals surface area contributed by atoms with Crippen molar-refractivity contribution < 1.29 is 14.3 Å². The van der Waals surface area contributed by atoms with Crippen molar-refractivity contribution in [2.75, 3.05) is 0 Å². The molecule has 1 aromatic heterocycles. The van der Waals surface area contributed by atoms with Crippen LogP contribution in [0.4, 0.5) is 0 Å². The van der Waals surface area contributed by atoms with E-state index in [1.807, 2.05) is 42.5 Å². The minimum atomic E-state index is -0.817. The molecule has 0 spiro atoms. The Bertz CT molecular complexity index is 740. The number of furan rings is 1. The number of aliphatic carboxylic acids is 1. The molecule has 0 radical (unpaired) electrons. The Labute approximate surface area is 104 Å². The highest BCUT2D eigenvalue weighted by Crippen LogP contribution is 2.30. The predicted molar refractivity (Wildman–Crippen MR) is 69.8 cm³/mol. The lowest BCUT2D eigenvalue weighted by Gasteiger charge is -2.05. The zero-order valence-electron chi connectivity index (χ0n) is 9.88. The molecule has 18 heavy (non-hydrogen) atoms. The average molecular weight is 240 g/mol. The summed E-state index contributed by atoms with van der Waals surface area (Å²) in [5.74, 6) is -1.33. The zero-order chi connectivity index (χ0) is 12.7. The van der Waals surface area contributed by atoms with Crippen LogP contribution in [0.15, 0.2) is 46.9 Å². The van der Waals surface area contributed by atoms with E-state index in [-0.39, 0.29) is 0 Å². The van der Waals surface area contributed by atoms with Gasteiger partial charge in [-0.2, -0.15) is 0 Å². The van der Waals surface area contributed by atoms with Crippen molar-refractivity contribution in [1.82, 2.24) is 0 Å². The molecule has 1 atom stereocenters. The smallest absolute Gasteiger partial charge is 0.310 e. The zero-order valence-corrected chi connectivity index (χ0v) is 9.88. The first-order valence-electron chi connectivity index (χ1n) is 5.81. The Kier molecular flexibility index (Phi) is 2.33. The fourth-order valence-corrected chi connectivity index (χ4v) is 2.16. The Morgan fingerprint density at radius 3 is 2.61 bits per heavy atom. The van der Waals surface area contributed by atoms with Gasteiger partial charge in [0.25, 0.3) is 0 Å². The van der Waals surface area contributed by atoms with E-state index in [1.54, 1.807) is 6.92 Å². The Hall–Kier alpha value is -2.29. The number of rotatable bonds is 2. The SMILES string of the molecule is C[C@@H](C(=O)O)c1ccc2oc3ccccc3c2c1. The lowest BCUT2D eigenvalue weighted by Crippen LogP contribution is -2.06. The first-order valence-corrected chi connectivity index (χ1v) is 5.81. The normalized spacial score (nSPS) is 12.9. The maximum absolute atomic E-state index is 11.0. The minimum absolute atomic E-state index is 0.511. The summed E-state index contributed by atoms with van der Waals surface area (Å²) in [6, 6.07) is 13.3. The second-order valence-electron chi connectivity index (χ2n) is 4.41. The van der Waals surface area contributed by atoms with Gasteiger partial charge >= 0.3 is 5.97 Å². The molecule has 3 heteroatoms. The fraction of sp³-hybridized carbons (Fsp3) is 0.133. The number of carbonyl (C=O) groups is 1. The van der Waals surface area contributed by atoms with E-state index >= 15 is 0 Å². The van der Waals surface area contributed by atoms with Gasteiger partial charge in [-0.3, -0.25) is 4.79 Å². The van der Waals surface area contributed by atoms with Crippen LogP contribution >= 0.6 is 0 Å². The molecule has 0 amide bonds. The monoisotopic (exact) mass is 240 g/mol. The molecule has 0 unspecified atom stereocenters. The number of para-hydroxylation sites is 1. The van der Waals surface area contributed by atoms with Crippen LogP contribution in [0.2, 0.25) is 0 Å². The van der Waals surface area contributed by atoms with Crippen molar-refractivity contribution in [3.63, 3.8) is 0 Å². The van der Waals surface area contributed by atoms with Crippen LogP contribution in [0.5, 0.6) is 0 Å². The van der Waals surface area contributed by atoms with Crippen molar-refractivity contribution in [3.8, 4) is 0 Å². The van der Waals surface area contributed by atoms with Gasteiger partial charge in [0.2, 0.25) is 0 Å². The molecule has 1 heterocycles. The first kappa shape index (κ1) is 10.8. The number of carboxylic acid groups (broad SMARTS) is 1. The van der Waals surface area contributed by atoms with E-state index in [4.69, 9.17) is 9.52 Å². The van der Waals surface area contributed by atoms with E-state index in [0.29, 0.717) is 0 Å². The van der Waals surface area contributed by atoms with Gasteiger partial charge in [0.1, 0.15) is 11.2 Å². The molecule has 0 bridgehead atoms. The topological polar surface area (TPSA) is 50.4 Å². The van der Waals surface area contributed by atoms with Crippen LogP contribution in [-0.4, -0.2) is 11.1 Å².